The molecule has 47 heavy (non-hydrogen) atoms. The Kier molecular flexibility index (Phi) is 9.41. The standard InChI is InChI=1S/C35H42Cl3N5O4/c1-22-16-27(36)31(28(37)17-22)46-25-9-14-42(19-25)30-6-11-34(21-40-30,23-7-12-39-13-8-23)33(44)43(24-4-5-24)20-26-29(38)18-41-35(32(26)47-35)10-3-15-45-2/h7-8,12-13,16-18,24-25,30,40-41H,3-6,9-11,14-15,19-21H2,1-2H3/t25-,30?,34?,35?/m1/s1. The minimum atomic E-state index is -0.727. The number of carbonyl (C=O) groups is 1. The van der Waals surface area contributed by atoms with Gasteiger partial charge in [0.25, 0.3) is 0 Å². The molecular formula is C35H42Cl3N5O4. The molecule has 4 aliphatic heterocycles. The van der Waals surface area contributed by atoms with E-state index in [2.05, 4.69) is 25.4 Å². The minimum Gasteiger partial charge on any atom is -0.486 e. The van der Waals surface area contributed by atoms with Crippen molar-refractivity contribution >= 4 is 40.7 Å². The summed E-state index contributed by atoms with van der Waals surface area (Å²) >= 11 is 19.7. The Morgan fingerprint density at radius 3 is 2.60 bits per heavy atom. The van der Waals surface area contributed by atoms with Crippen LogP contribution in [-0.2, 0) is 19.7 Å². The first-order valence-electron chi connectivity index (χ1n) is 16.6. The third-order valence-electron chi connectivity index (χ3n) is 10.2. The van der Waals surface area contributed by atoms with E-state index in [1.54, 1.807) is 19.5 Å². The summed E-state index contributed by atoms with van der Waals surface area (Å²) in [5.41, 5.74) is 1.61. The highest BCUT2D eigenvalue weighted by Gasteiger charge is 2.57. The van der Waals surface area contributed by atoms with Gasteiger partial charge < -0.3 is 29.7 Å². The monoisotopic (exact) mass is 701 g/mol. The van der Waals surface area contributed by atoms with Crippen LogP contribution >= 0.6 is 34.8 Å². The van der Waals surface area contributed by atoms with Crippen LogP contribution in [0.25, 0.3) is 0 Å². The first-order chi connectivity index (χ1) is 22.7. The van der Waals surface area contributed by atoms with Gasteiger partial charge in [0.1, 0.15) is 6.10 Å². The molecule has 2 aromatic rings. The van der Waals surface area contributed by atoms with E-state index in [1.165, 1.54) is 0 Å². The number of likely N-dealkylation sites (tertiary alicyclic amines) is 1. The summed E-state index contributed by atoms with van der Waals surface area (Å²) in [5, 5.41) is 8.77. The molecule has 3 unspecified atom stereocenters. The number of aromatic nitrogens is 1. The van der Waals surface area contributed by atoms with Gasteiger partial charge in [-0.1, -0.05) is 34.8 Å². The molecule has 1 aromatic heterocycles. The first-order valence-corrected chi connectivity index (χ1v) is 17.7. The fourth-order valence-electron chi connectivity index (χ4n) is 7.47. The van der Waals surface area contributed by atoms with Gasteiger partial charge in [-0.05, 0) is 80.8 Å². The molecule has 3 saturated heterocycles. The van der Waals surface area contributed by atoms with Crippen molar-refractivity contribution in [3.05, 3.63) is 80.4 Å². The maximum absolute atomic E-state index is 14.9. The quantitative estimate of drug-likeness (QED) is 0.210. The predicted molar refractivity (Wildman–Crippen MR) is 183 cm³/mol. The number of rotatable bonds is 12. The largest absolute Gasteiger partial charge is 0.486 e. The summed E-state index contributed by atoms with van der Waals surface area (Å²) in [6.45, 7) is 5.20. The Bertz CT molecular complexity index is 1540. The number of epoxide rings is 1. The highest BCUT2D eigenvalue weighted by atomic mass is 35.5. The Morgan fingerprint density at radius 1 is 1.15 bits per heavy atom. The van der Waals surface area contributed by atoms with Crippen molar-refractivity contribution in [2.45, 2.75) is 81.3 Å². The molecule has 1 aromatic carbocycles. The highest BCUT2D eigenvalue weighted by Crippen LogP contribution is 2.50. The lowest BCUT2D eigenvalue weighted by molar-refractivity contribution is -0.139. The van der Waals surface area contributed by atoms with E-state index in [4.69, 9.17) is 49.0 Å². The van der Waals surface area contributed by atoms with Gasteiger partial charge in [-0.2, -0.15) is 0 Å². The summed E-state index contributed by atoms with van der Waals surface area (Å²) in [6, 6.07) is 7.92. The lowest BCUT2D eigenvalue weighted by Gasteiger charge is -2.45. The molecular weight excluding hydrogens is 661 g/mol. The Labute approximate surface area is 291 Å². The highest BCUT2D eigenvalue weighted by molar-refractivity contribution is 6.37. The van der Waals surface area contributed by atoms with Gasteiger partial charge in [-0.15, -0.1) is 0 Å². The van der Waals surface area contributed by atoms with E-state index in [-0.39, 0.29) is 24.2 Å². The molecule has 7 rings (SSSR count). The number of piperidine rings is 1. The molecule has 0 spiro atoms. The number of carbonyl (C=O) groups excluding carboxylic acids is 1. The van der Waals surface area contributed by atoms with Crippen LogP contribution in [0.1, 0.15) is 56.1 Å². The number of methoxy groups -OCH3 is 1. The maximum atomic E-state index is 14.9. The molecule has 0 radical (unpaired) electrons. The average Bonchev–Trinajstić information content (AvgIpc) is 3.99. The zero-order valence-electron chi connectivity index (χ0n) is 26.9. The molecule has 1 saturated carbocycles. The maximum Gasteiger partial charge on any atom is 0.238 e. The molecule has 252 valence electrons. The Balaban J connectivity index is 1.07. The van der Waals surface area contributed by atoms with Crippen LogP contribution in [0.4, 0.5) is 0 Å². The van der Waals surface area contributed by atoms with Crippen LogP contribution in [0.2, 0.25) is 10.0 Å². The van der Waals surface area contributed by atoms with E-state index in [0.717, 1.165) is 74.1 Å². The lowest BCUT2D eigenvalue weighted by atomic mass is 9.73. The molecule has 1 aliphatic carbocycles. The normalized spacial score (nSPS) is 28.7. The average molecular weight is 703 g/mol. The van der Waals surface area contributed by atoms with Gasteiger partial charge in [0.15, 0.2) is 11.5 Å². The zero-order chi connectivity index (χ0) is 32.8. The Hall–Kier alpha value is -2.53. The molecule has 5 aliphatic rings. The van der Waals surface area contributed by atoms with Crippen LogP contribution in [0.3, 0.4) is 0 Å². The number of halogens is 3. The summed E-state index contributed by atoms with van der Waals surface area (Å²) in [5.74, 6) is 1.52. The predicted octanol–water partition coefficient (Wildman–Crippen LogP) is 5.88. The van der Waals surface area contributed by atoms with E-state index >= 15 is 0 Å². The number of benzene rings is 1. The van der Waals surface area contributed by atoms with Crippen molar-refractivity contribution in [3.63, 3.8) is 0 Å². The molecule has 1 amide bonds. The van der Waals surface area contributed by atoms with Crippen LogP contribution in [0, 0.1) is 6.92 Å². The van der Waals surface area contributed by atoms with E-state index in [0.29, 0.717) is 46.9 Å². The molecule has 5 heterocycles. The van der Waals surface area contributed by atoms with Crippen molar-refractivity contribution in [3.8, 4) is 5.75 Å². The van der Waals surface area contributed by atoms with Crippen LogP contribution in [0.5, 0.6) is 5.75 Å². The SMILES string of the molecule is COCCCC12NC=C(Cl)C(CN(C(=O)C3(c4ccncc4)CCC(N4CC[C@@H](Oc5c(Cl)cc(C)cc5Cl)C4)NC3)C3CC3)=C1O2. The molecule has 4 atom stereocenters. The third-order valence-corrected chi connectivity index (χ3v) is 11.1. The number of nitrogens with zero attached hydrogens (tertiary/aromatic N) is 3. The number of amides is 1. The van der Waals surface area contributed by atoms with Crippen LogP contribution < -0.4 is 15.4 Å². The second kappa shape index (κ2) is 13.4. The van der Waals surface area contributed by atoms with E-state index < -0.39 is 11.1 Å². The zero-order valence-corrected chi connectivity index (χ0v) is 29.1. The molecule has 4 fully saturated rings. The van der Waals surface area contributed by atoms with E-state index in [1.807, 2.05) is 37.4 Å². The first kappa shape index (κ1) is 33.0. The van der Waals surface area contributed by atoms with Gasteiger partial charge in [-0.25, -0.2) is 0 Å². The van der Waals surface area contributed by atoms with Gasteiger partial charge in [0, 0.05) is 70.0 Å². The fraction of sp³-hybridized carbons (Fsp3) is 0.543. The second-order valence-corrected chi connectivity index (χ2v) is 14.7. The van der Waals surface area contributed by atoms with Crippen molar-refractivity contribution in [1.29, 1.82) is 0 Å². The number of ether oxygens (including phenoxy) is 3. The number of hydrogen-bond acceptors (Lipinski definition) is 8. The summed E-state index contributed by atoms with van der Waals surface area (Å²) in [6.07, 6.45) is 11.5. The van der Waals surface area contributed by atoms with Gasteiger partial charge in [0.2, 0.25) is 11.6 Å². The topological polar surface area (TPSA) is 91.5 Å². The molecule has 2 N–H and O–H groups in total. The molecule has 9 nitrogen and oxygen atoms in total. The van der Waals surface area contributed by atoms with Crippen LogP contribution in [-0.4, -0.2) is 84.6 Å². The summed E-state index contributed by atoms with van der Waals surface area (Å²) in [4.78, 5) is 23.7. The van der Waals surface area contributed by atoms with Crippen molar-refractivity contribution in [2.24, 2.45) is 0 Å². The Morgan fingerprint density at radius 2 is 1.91 bits per heavy atom. The number of nitrogens with one attached hydrogen (secondary N) is 2. The smallest absolute Gasteiger partial charge is 0.238 e. The third kappa shape index (κ3) is 6.59. The second-order valence-electron chi connectivity index (χ2n) is 13.5. The summed E-state index contributed by atoms with van der Waals surface area (Å²) in [7, 11) is 1.70. The number of dihydropyridines is 1. The fourth-order valence-corrected chi connectivity index (χ4v) is 8.36. The van der Waals surface area contributed by atoms with Gasteiger partial charge in [-0.3, -0.25) is 14.7 Å². The number of aryl methyl sites for hydroxylation is 1. The van der Waals surface area contributed by atoms with Gasteiger partial charge in [0.05, 0.1) is 33.2 Å². The van der Waals surface area contributed by atoms with Crippen molar-refractivity contribution in [2.75, 3.05) is 39.9 Å². The minimum absolute atomic E-state index is 0.0167. The molecule has 0 bridgehead atoms. The number of fused-ring (bicyclic) bond motifs is 1. The number of hydrogen-bond donors (Lipinski definition) is 2. The van der Waals surface area contributed by atoms with E-state index in [9.17, 15) is 4.79 Å². The summed E-state index contributed by atoms with van der Waals surface area (Å²) < 4.78 is 17.7. The van der Waals surface area contributed by atoms with Crippen molar-refractivity contribution in [1.82, 2.24) is 25.4 Å². The van der Waals surface area contributed by atoms with Gasteiger partial charge >= 0.3 is 0 Å². The van der Waals surface area contributed by atoms with Crippen molar-refractivity contribution < 1.29 is 19.0 Å². The molecule has 12 heteroatoms. The van der Waals surface area contributed by atoms with Crippen LogP contribution in [0.15, 0.2) is 59.2 Å². The lowest BCUT2D eigenvalue weighted by Crippen LogP contribution is -2.61. The number of pyridine rings is 1.